The number of piperazine rings is 1. The average Bonchev–Trinajstić information content (AvgIpc) is 2.76. The van der Waals surface area contributed by atoms with Crippen molar-refractivity contribution >= 4 is 38.9 Å². The average molecular weight is 310 g/mol. The zero-order valence-corrected chi connectivity index (χ0v) is 12.0. The molecule has 0 radical (unpaired) electrons. The lowest BCUT2D eigenvalue weighted by Crippen LogP contribution is -2.56. The molecule has 1 N–H and O–H groups in total. The number of hydrogen-bond acceptors (Lipinski definition) is 5. The van der Waals surface area contributed by atoms with E-state index in [0.29, 0.717) is 13.0 Å². The molecule has 0 spiro atoms. The van der Waals surface area contributed by atoms with Crippen LogP contribution in [0.4, 0.5) is 0 Å². The Bertz CT molecular complexity index is 557. The lowest BCUT2D eigenvalue weighted by atomic mass is 10.2. The number of carbonyl (C=O) groups excluding carboxylic acids is 1. The number of thiazole rings is 1. The Labute approximate surface area is 114 Å². The first-order chi connectivity index (χ1) is 8.46. The van der Waals surface area contributed by atoms with Gasteiger partial charge in [-0.3, -0.25) is 4.79 Å². The van der Waals surface area contributed by atoms with Crippen LogP contribution in [0.15, 0.2) is 10.4 Å². The SMILES string of the molecule is CCC1C(=O)NCCN1S(=O)(=O)c1cnc(Cl)s1. The van der Waals surface area contributed by atoms with E-state index in [2.05, 4.69) is 10.3 Å². The fourth-order valence-corrected chi connectivity index (χ4v) is 4.93. The maximum Gasteiger partial charge on any atom is 0.255 e. The van der Waals surface area contributed by atoms with Crippen LogP contribution in [0.5, 0.6) is 0 Å². The number of nitrogens with one attached hydrogen (secondary N) is 1. The minimum atomic E-state index is -3.69. The van der Waals surface area contributed by atoms with Gasteiger partial charge in [0, 0.05) is 13.1 Å². The summed E-state index contributed by atoms with van der Waals surface area (Å²) >= 11 is 6.54. The molecule has 2 heterocycles. The molecule has 1 saturated heterocycles. The Morgan fingerprint density at radius 1 is 1.67 bits per heavy atom. The van der Waals surface area contributed by atoms with Gasteiger partial charge in [-0.25, -0.2) is 13.4 Å². The van der Waals surface area contributed by atoms with Crippen LogP contribution < -0.4 is 5.32 Å². The molecule has 1 aliphatic rings. The zero-order valence-electron chi connectivity index (χ0n) is 9.59. The van der Waals surface area contributed by atoms with E-state index in [-0.39, 0.29) is 21.1 Å². The molecule has 0 aromatic carbocycles. The van der Waals surface area contributed by atoms with E-state index in [1.807, 2.05) is 0 Å². The molecule has 1 fully saturated rings. The third kappa shape index (κ3) is 2.37. The topological polar surface area (TPSA) is 79.4 Å². The maximum absolute atomic E-state index is 12.4. The second-order valence-electron chi connectivity index (χ2n) is 3.76. The molecule has 1 aromatic heterocycles. The summed E-state index contributed by atoms with van der Waals surface area (Å²) in [6.07, 6.45) is 1.65. The molecule has 100 valence electrons. The molecule has 1 aromatic rings. The van der Waals surface area contributed by atoms with Gasteiger partial charge in [0.05, 0.1) is 6.20 Å². The van der Waals surface area contributed by atoms with E-state index in [9.17, 15) is 13.2 Å². The van der Waals surface area contributed by atoms with Gasteiger partial charge >= 0.3 is 0 Å². The fraction of sp³-hybridized carbons (Fsp3) is 0.556. The second-order valence-corrected chi connectivity index (χ2v) is 7.49. The predicted octanol–water partition coefficient (Wildman–Crippen LogP) is 0.696. The molecule has 18 heavy (non-hydrogen) atoms. The van der Waals surface area contributed by atoms with Crippen LogP contribution in [0.25, 0.3) is 0 Å². The van der Waals surface area contributed by atoms with Crippen molar-refractivity contribution in [3.05, 3.63) is 10.7 Å². The van der Waals surface area contributed by atoms with E-state index in [0.717, 1.165) is 11.3 Å². The van der Waals surface area contributed by atoms with Gasteiger partial charge in [0.1, 0.15) is 6.04 Å². The number of aromatic nitrogens is 1. The van der Waals surface area contributed by atoms with Gasteiger partial charge in [-0.1, -0.05) is 29.9 Å². The Balaban J connectivity index is 2.37. The highest BCUT2D eigenvalue weighted by Gasteiger charge is 2.38. The first-order valence-electron chi connectivity index (χ1n) is 5.37. The van der Waals surface area contributed by atoms with Crippen molar-refractivity contribution in [1.29, 1.82) is 0 Å². The quantitative estimate of drug-likeness (QED) is 0.891. The van der Waals surface area contributed by atoms with Gasteiger partial charge in [-0.15, -0.1) is 0 Å². The summed E-state index contributed by atoms with van der Waals surface area (Å²) in [7, 11) is -3.69. The molecular formula is C9H12ClN3O3S2. The highest BCUT2D eigenvalue weighted by Crippen LogP contribution is 2.27. The molecular weight excluding hydrogens is 298 g/mol. The molecule has 1 atom stereocenters. The summed E-state index contributed by atoms with van der Waals surface area (Å²) in [6.45, 7) is 2.36. The molecule has 1 amide bonds. The lowest BCUT2D eigenvalue weighted by molar-refractivity contribution is -0.126. The van der Waals surface area contributed by atoms with Crippen molar-refractivity contribution in [2.75, 3.05) is 13.1 Å². The van der Waals surface area contributed by atoms with E-state index < -0.39 is 16.1 Å². The van der Waals surface area contributed by atoms with Crippen LogP contribution in [0.2, 0.25) is 4.47 Å². The van der Waals surface area contributed by atoms with Crippen molar-refractivity contribution in [3.8, 4) is 0 Å². The first kappa shape index (κ1) is 13.7. The van der Waals surface area contributed by atoms with Gasteiger partial charge < -0.3 is 5.32 Å². The van der Waals surface area contributed by atoms with E-state index in [1.54, 1.807) is 6.92 Å². The van der Waals surface area contributed by atoms with Crippen molar-refractivity contribution < 1.29 is 13.2 Å². The van der Waals surface area contributed by atoms with Crippen molar-refractivity contribution in [2.45, 2.75) is 23.6 Å². The summed E-state index contributed by atoms with van der Waals surface area (Å²) in [5.41, 5.74) is 0. The van der Waals surface area contributed by atoms with Crippen LogP contribution in [0, 0.1) is 0 Å². The number of hydrogen-bond donors (Lipinski definition) is 1. The minimum absolute atomic E-state index is 0.0700. The molecule has 9 heteroatoms. The van der Waals surface area contributed by atoms with Gasteiger partial charge in [-0.05, 0) is 6.42 Å². The highest BCUT2D eigenvalue weighted by atomic mass is 35.5. The number of amides is 1. The van der Waals surface area contributed by atoms with Gasteiger partial charge in [0.25, 0.3) is 10.0 Å². The summed E-state index contributed by atoms with van der Waals surface area (Å²) in [6, 6.07) is -0.662. The molecule has 1 aliphatic heterocycles. The predicted molar refractivity (Wildman–Crippen MR) is 68.1 cm³/mol. The largest absolute Gasteiger partial charge is 0.353 e. The molecule has 6 nitrogen and oxygen atoms in total. The number of carbonyl (C=O) groups is 1. The first-order valence-corrected chi connectivity index (χ1v) is 8.01. The molecule has 2 rings (SSSR count). The van der Waals surface area contributed by atoms with Crippen molar-refractivity contribution in [2.24, 2.45) is 0 Å². The monoisotopic (exact) mass is 309 g/mol. The summed E-state index contributed by atoms with van der Waals surface area (Å²) in [5.74, 6) is -0.261. The minimum Gasteiger partial charge on any atom is -0.353 e. The van der Waals surface area contributed by atoms with Crippen LogP contribution in [0.3, 0.4) is 0 Å². The lowest BCUT2D eigenvalue weighted by Gasteiger charge is -2.32. The van der Waals surface area contributed by atoms with Gasteiger partial charge in [0.2, 0.25) is 5.91 Å². The Hall–Kier alpha value is -0.700. The number of nitrogens with zero attached hydrogens (tertiary/aromatic N) is 2. The molecule has 0 saturated carbocycles. The second kappa shape index (κ2) is 5.12. The molecule has 1 unspecified atom stereocenters. The molecule has 0 bridgehead atoms. The summed E-state index contributed by atoms with van der Waals surface area (Å²) in [5, 5.41) is 2.66. The third-order valence-corrected chi connectivity index (χ3v) is 6.15. The maximum atomic E-state index is 12.4. The summed E-state index contributed by atoms with van der Waals surface area (Å²) in [4.78, 5) is 15.4. The normalized spacial score (nSPS) is 21.9. The van der Waals surface area contributed by atoms with E-state index in [1.165, 1.54) is 10.5 Å². The van der Waals surface area contributed by atoms with Gasteiger partial charge in [-0.2, -0.15) is 4.31 Å². The van der Waals surface area contributed by atoms with Gasteiger partial charge in [0.15, 0.2) is 8.68 Å². The number of rotatable bonds is 3. The Kier molecular flexibility index (Phi) is 3.90. The number of halogens is 1. The standard InChI is InChI=1S/C9H12ClN3O3S2/c1-2-6-8(14)11-3-4-13(6)18(15,16)7-5-12-9(10)17-7/h5-6H,2-4H2,1H3,(H,11,14). The third-order valence-electron chi connectivity index (χ3n) is 2.69. The number of sulfonamides is 1. The fourth-order valence-electron chi connectivity index (χ4n) is 1.84. The summed E-state index contributed by atoms with van der Waals surface area (Å²) < 4.78 is 26.2. The van der Waals surface area contributed by atoms with Crippen LogP contribution in [-0.2, 0) is 14.8 Å². The molecule has 0 aliphatic carbocycles. The Morgan fingerprint density at radius 2 is 2.39 bits per heavy atom. The van der Waals surface area contributed by atoms with E-state index in [4.69, 9.17) is 11.6 Å². The van der Waals surface area contributed by atoms with Crippen molar-refractivity contribution in [1.82, 2.24) is 14.6 Å². The van der Waals surface area contributed by atoms with Crippen LogP contribution >= 0.6 is 22.9 Å². The van der Waals surface area contributed by atoms with Crippen LogP contribution in [0.1, 0.15) is 13.3 Å². The highest BCUT2D eigenvalue weighted by molar-refractivity contribution is 7.91. The Morgan fingerprint density at radius 3 is 2.94 bits per heavy atom. The zero-order chi connectivity index (χ0) is 13.3. The van der Waals surface area contributed by atoms with Crippen molar-refractivity contribution in [3.63, 3.8) is 0 Å². The van der Waals surface area contributed by atoms with E-state index >= 15 is 0 Å². The smallest absolute Gasteiger partial charge is 0.255 e. The van der Waals surface area contributed by atoms with Crippen LogP contribution in [-0.4, -0.2) is 42.7 Å².